The summed E-state index contributed by atoms with van der Waals surface area (Å²) in [6.07, 6.45) is 0. The minimum Gasteiger partial charge on any atom is -0.242 e. The molecule has 1 unspecified atom stereocenters. The molecule has 2 atom stereocenters. The summed E-state index contributed by atoms with van der Waals surface area (Å²) in [6.45, 7) is 7.42. The van der Waals surface area contributed by atoms with Crippen LogP contribution in [0, 0.1) is 5.82 Å². The Morgan fingerprint density at radius 1 is 1.41 bits per heavy atom. The van der Waals surface area contributed by atoms with Gasteiger partial charge < -0.3 is 0 Å². The van der Waals surface area contributed by atoms with Crippen LogP contribution in [0.15, 0.2) is 18.2 Å². The SMILES string of the molecule is CC(N[S@](=O)C(C)(C)C)c1cccc(F)c1Cl. The summed E-state index contributed by atoms with van der Waals surface area (Å²) in [5.41, 5.74) is 0.615. The van der Waals surface area contributed by atoms with Gasteiger partial charge in [-0.25, -0.2) is 13.3 Å². The van der Waals surface area contributed by atoms with E-state index in [2.05, 4.69) is 4.72 Å². The molecule has 5 heteroatoms. The van der Waals surface area contributed by atoms with E-state index in [-0.39, 0.29) is 15.8 Å². The molecule has 0 bridgehead atoms. The summed E-state index contributed by atoms with van der Waals surface area (Å²) < 4.78 is 27.7. The van der Waals surface area contributed by atoms with Crippen LogP contribution >= 0.6 is 11.6 Å². The van der Waals surface area contributed by atoms with Crippen LogP contribution in [0.25, 0.3) is 0 Å². The monoisotopic (exact) mass is 277 g/mol. The van der Waals surface area contributed by atoms with Gasteiger partial charge in [-0.2, -0.15) is 0 Å². The molecule has 17 heavy (non-hydrogen) atoms. The summed E-state index contributed by atoms with van der Waals surface area (Å²) in [5, 5.41) is 0.0819. The van der Waals surface area contributed by atoms with E-state index in [0.29, 0.717) is 5.56 Å². The summed E-state index contributed by atoms with van der Waals surface area (Å²) in [4.78, 5) is 0. The Morgan fingerprint density at radius 3 is 2.53 bits per heavy atom. The third-order valence-corrected chi connectivity index (χ3v) is 4.37. The predicted molar refractivity (Wildman–Crippen MR) is 70.9 cm³/mol. The molecule has 1 aromatic carbocycles. The van der Waals surface area contributed by atoms with Crippen molar-refractivity contribution in [2.24, 2.45) is 0 Å². The fourth-order valence-electron chi connectivity index (χ4n) is 1.26. The van der Waals surface area contributed by atoms with E-state index in [1.807, 2.05) is 27.7 Å². The second-order valence-corrected chi connectivity index (χ2v) is 7.24. The molecule has 0 radical (unpaired) electrons. The number of hydrogen-bond acceptors (Lipinski definition) is 1. The van der Waals surface area contributed by atoms with E-state index < -0.39 is 16.8 Å². The van der Waals surface area contributed by atoms with Crippen LogP contribution in [0.5, 0.6) is 0 Å². The average Bonchev–Trinajstić information content (AvgIpc) is 2.20. The smallest absolute Gasteiger partial charge is 0.142 e. The third kappa shape index (κ3) is 3.76. The number of rotatable bonds is 3. The number of halogens is 2. The van der Waals surface area contributed by atoms with Crippen LogP contribution in [0.3, 0.4) is 0 Å². The topological polar surface area (TPSA) is 29.1 Å². The highest BCUT2D eigenvalue weighted by atomic mass is 35.5. The summed E-state index contributed by atoms with van der Waals surface area (Å²) in [7, 11) is -1.21. The van der Waals surface area contributed by atoms with Crippen LogP contribution < -0.4 is 4.72 Å². The molecule has 2 nitrogen and oxygen atoms in total. The third-order valence-electron chi connectivity index (χ3n) is 2.29. The van der Waals surface area contributed by atoms with Crippen LogP contribution in [0.1, 0.15) is 39.3 Å². The molecule has 96 valence electrons. The second-order valence-electron chi connectivity index (χ2n) is 4.86. The first-order valence-corrected chi connectivity index (χ1v) is 6.88. The number of hydrogen-bond donors (Lipinski definition) is 1. The van der Waals surface area contributed by atoms with E-state index in [1.165, 1.54) is 6.07 Å². The van der Waals surface area contributed by atoms with Crippen LogP contribution in [-0.2, 0) is 11.0 Å². The lowest BCUT2D eigenvalue weighted by atomic mass is 10.1. The fourth-order valence-corrected chi connectivity index (χ4v) is 2.35. The highest BCUT2D eigenvalue weighted by Crippen LogP contribution is 2.26. The molecule has 0 amide bonds. The molecular formula is C12H17ClFNOS. The van der Waals surface area contributed by atoms with Crippen molar-refractivity contribution in [2.45, 2.75) is 38.5 Å². The Kier molecular flexibility index (Phi) is 4.69. The van der Waals surface area contributed by atoms with Gasteiger partial charge in [0.2, 0.25) is 0 Å². The molecule has 0 heterocycles. The van der Waals surface area contributed by atoms with Crippen molar-refractivity contribution in [3.05, 3.63) is 34.6 Å². The van der Waals surface area contributed by atoms with Crippen molar-refractivity contribution < 1.29 is 8.60 Å². The first kappa shape index (κ1) is 14.6. The Labute approximate surface area is 109 Å². The predicted octanol–water partition coefficient (Wildman–Crippen LogP) is 3.59. The second kappa shape index (κ2) is 5.46. The van der Waals surface area contributed by atoms with Gasteiger partial charge in [-0.05, 0) is 39.3 Å². The van der Waals surface area contributed by atoms with Gasteiger partial charge in [0.25, 0.3) is 0 Å². The van der Waals surface area contributed by atoms with Crippen LogP contribution in [-0.4, -0.2) is 8.96 Å². The van der Waals surface area contributed by atoms with E-state index in [0.717, 1.165) is 0 Å². The molecule has 1 rings (SSSR count). The fraction of sp³-hybridized carbons (Fsp3) is 0.500. The Bertz CT molecular complexity index is 431. The first-order valence-electron chi connectivity index (χ1n) is 5.35. The highest BCUT2D eigenvalue weighted by molar-refractivity contribution is 7.84. The Balaban J connectivity index is 2.88. The summed E-state index contributed by atoms with van der Waals surface area (Å²) >= 11 is 5.87. The average molecular weight is 278 g/mol. The van der Waals surface area contributed by atoms with Crippen molar-refractivity contribution in [2.75, 3.05) is 0 Å². The van der Waals surface area contributed by atoms with Crippen molar-refractivity contribution in [1.82, 2.24) is 4.72 Å². The first-order chi connectivity index (χ1) is 7.73. The lowest BCUT2D eigenvalue weighted by Crippen LogP contribution is -2.34. The molecule has 0 saturated carbocycles. The van der Waals surface area contributed by atoms with E-state index in [1.54, 1.807) is 12.1 Å². The molecule has 1 aromatic rings. The van der Waals surface area contributed by atoms with Crippen molar-refractivity contribution >= 4 is 22.6 Å². The maximum absolute atomic E-state index is 13.3. The van der Waals surface area contributed by atoms with Gasteiger partial charge in [0.1, 0.15) is 5.82 Å². The molecule has 0 saturated heterocycles. The molecule has 0 aliphatic rings. The quantitative estimate of drug-likeness (QED) is 0.899. The molecule has 1 N–H and O–H groups in total. The van der Waals surface area contributed by atoms with Crippen LogP contribution in [0.4, 0.5) is 4.39 Å². The van der Waals surface area contributed by atoms with E-state index in [9.17, 15) is 8.60 Å². The standard InChI is InChI=1S/C12H17ClFNOS/c1-8(15-17(16)12(2,3)4)9-6-5-7-10(14)11(9)13/h5-8,15H,1-4H3/t8?,17-/m1/s1. The maximum atomic E-state index is 13.3. The molecule has 0 aliphatic heterocycles. The zero-order valence-corrected chi connectivity index (χ0v) is 12.0. The van der Waals surface area contributed by atoms with E-state index >= 15 is 0 Å². The zero-order valence-electron chi connectivity index (χ0n) is 10.4. The van der Waals surface area contributed by atoms with Gasteiger partial charge in [-0.3, -0.25) is 0 Å². The minimum absolute atomic E-state index is 0.0819. The van der Waals surface area contributed by atoms with Gasteiger partial charge in [0.05, 0.1) is 20.8 Å². The van der Waals surface area contributed by atoms with Gasteiger partial charge in [-0.1, -0.05) is 23.7 Å². The molecule has 0 fully saturated rings. The van der Waals surface area contributed by atoms with Gasteiger partial charge in [0.15, 0.2) is 0 Å². The van der Waals surface area contributed by atoms with Crippen LogP contribution in [0.2, 0.25) is 5.02 Å². The molecule has 0 aromatic heterocycles. The van der Waals surface area contributed by atoms with Crippen molar-refractivity contribution in [1.29, 1.82) is 0 Å². The summed E-state index contributed by atoms with van der Waals surface area (Å²) in [5.74, 6) is -0.459. The normalized spacial score (nSPS) is 15.6. The molecule has 0 aliphatic carbocycles. The van der Waals surface area contributed by atoms with E-state index in [4.69, 9.17) is 11.6 Å². The highest BCUT2D eigenvalue weighted by Gasteiger charge is 2.22. The van der Waals surface area contributed by atoms with Crippen molar-refractivity contribution in [3.8, 4) is 0 Å². The largest absolute Gasteiger partial charge is 0.242 e. The minimum atomic E-state index is -1.21. The maximum Gasteiger partial charge on any atom is 0.142 e. The zero-order chi connectivity index (χ0) is 13.2. The lowest BCUT2D eigenvalue weighted by molar-refractivity contribution is 0.605. The number of nitrogens with one attached hydrogen (secondary N) is 1. The Morgan fingerprint density at radius 2 is 2.00 bits per heavy atom. The van der Waals surface area contributed by atoms with Gasteiger partial charge in [0, 0.05) is 6.04 Å². The summed E-state index contributed by atoms with van der Waals surface area (Å²) in [6, 6.07) is 4.36. The Hall–Kier alpha value is -0.450. The molecular weight excluding hydrogens is 261 g/mol. The van der Waals surface area contributed by atoms with Gasteiger partial charge in [-0.15, -0.1) is 0 Å². The number of benzene rings is 1. The molecule has 0 spiro atoms. The van der Waals surface area contributed by atoms with Crippen molar-refractivity contribution in [3.63, 3.8) is 0 Å². The van der Waals surface area contributed by atoms with Gasteiger partial charge >= 0.3 is 0 Å². The lowest BCUT2D eigenvalue weighted by Gasteiger charge is -2.22.